The number of nitrogens with one attached hydrogen (secondary N) is 1. The molecule has 5 nitrogen and oxygen atoms in total. The van der Waals surface area contributed by atoms with Gasteiger partial charge in [-0.1, -0.05) is 17.7 Å². The average molecular weight is 249 g/mol. The van der Waals surface area contributed by atoms with Crippen molar-refractivity contribution in [1.29, 1.82) is 0 Å². The molecular weight excluding hydrogens is 234 g/mol. The molecule has 0 aromatic heterocycles. The van der Waals surface area contributed by atoms with Crippen LogP contribution in [0.4, 0.5) is 5.69 Å². The molecule has 1 fully saturated rings. The molecule has 1 aliphatic rings. The fraction of sp³-hybridized carbons (Fsp3) is 0.385. The highest BCUT2D eigenvalue weighted by Crippen LogP contribution is 2.21. The number of carbonyl (C=O) groups is 2. The van der Waals surface area contributed by atoms with Crippen molar-refractivity contribution in [2.45, 2.75) is 32.0 Å². The molecule has 96 valence electrons. The summed E-state index contributed by atoms with van der Waals surface area (Å²) < 4.78 is 5.17. The Morgan fingerprint density at radius 3 is 2.39 bits per heavy atom. The summed E-state index contributed by atoms with van der Waals surface area (Å²) in [5, 5.41) is 11.5. The number of hydrogen-bond acceptors (Lipinski definition) is 3. The van der Waals surface area contributed by atoms with Crippen LogP contribution in [0.5, 0.6) is 0 Å². The van der Waals surface area contributed by atoms with Crippen LogP contribution in [-0.2, 0) is 14.3 Å². The van der Waals surface area contributed by atoms with Gasteiger partial charge in [0.2, 0.25) is 0 Å². The van der Waals surface area contributed by atoms with Crippen LogP contribution >= 0.6 is 0 Å². The maximum Gasteiger partial charge on any atom is 0.332 e. The van der Waals surface area contributed by atoms with E-state index in [0.29, 0.717) is 18.5 Å². The molecule has 1 heterocycles. The van der Waals surface area contributed by atoms with Gasteiger partial charge in [-0.3, -0.25) is 4.79 Å². The van der Waals surface area contributed by atoms with Gasteiger partial charge in [0, 0.05) is 5.69 Å². The van der Waals surface area contributed by atoms with Gasteiger partial charge in [-0.2, -0.15) is 0 Å². The van der Waals surface area contributed by atoms with Gasteiger partial charge in [0.25, 0.3) is 5.91 Å². The van der Waals surface area contributed by atoms with Gasteiger partial charge in [-0.15, -0.1) is 0 Å². The molecule has 18 heavy (non-hydrogen) atoms. The number of rotatable bonds is 3. The van der Waals surface area contributed by atoms with E-state index in [0.717, 1.165) is 5.56 Å². The molecule has 1 saturated heterocycles. The van der Waals surface area contributed by atoms with Gasteiger partial charge in [-0.05, 0) is 31.9 Å². The maximum atomic E-state index is 11.8. The quantitative estimate of drug-likeness (QED) is 0.852. The van der Waals surface area contributed by atoms with E-state index in [4.69, 9.17) is 9.84 Å². The van der Waals surface area contributed by atoms with Crippen molar-refractivity contribution >= 4 is 17.6 Å². The third-order valence-electron chi connectivity index (χ3n) is 2.91. The molecule has 2 unspecified atom stereocenters. The molecule has 2 rings (SSSR count). The Kier molecular flexibility index (Phi) is 3.62. The molecule has 5 heteroatoms. The van der Waals surface area contributed by atoms with Gasteiger partial charge in [0.1, 0.15) is 6.10 Å². The molecule has 0 bridgehead atoms. The maximum absolute atomic E-state index is 11.8. The largest absolute Gasteiger partial charge is 0.479 e. The third kappa shape index (κ3) is 2.87. The summed E-state index contributed by atoms with van der Waals surface area (Å²) in [5.74, 6) is -1.30. The van der Waals surface area contributed by atoms with Crippen molar-refractivity contribution in [3.8, 4) is 0 Å². The Bertz CT molecular complexity index is 455. The summed E-state index contributed by atoms with van der Waals surface area (Å²) in [6.45, 7) is 1.96. The second-order valence-corrected chi connectivity index (χ2v) is 4.38. The number of ether oxygens (including phenoxy) is 1. The first-order chi connectivity index (χ1) is 8.56. The molecule has 0 aliphatic carbocycles. The van der Waals surface area contributed by atoms with Crippen LogP contribution < -0.4 is 5.32 Å². The fourth-order valence-corrected chi connectivity index (χ4v) is 1.87. The Balaban J connectivity index is 1.93. The Morgan fingerprint density at radius 2 is 1.83 bits per heavy atom. The van der Waals surface area contributed by atoms with Crippen molar-refractivity contribution in [2.24, 2.45) is 0 Å². The number of carboxylic acid groups (broad SMARTS) is 1. The standard InChI is InChI=1S/C13H15NO4/c1-8-2-4-9(5-3-8)14-12(15)10-6-7-11(18-10)13(16)17/h2-5,10-11H,6-7H2,1H3,(H,14,15)(H,16,17). The second kappa shape index (κ2) is 5.18. The van der Waals surface area contributed by atoms with E-state index in [-0.39, 0.29) is 5.91 Å². The Morgan fingerprint density at radius 1 is 1.22 bits per heavy atom. The van der Waals surface area contributed by atoms with Crippen LogP contribution in [0, 0.1) is 6.92 Å². The van der Waals surface area contributed by atoms with Gasteiger partial charge in [0.05, 0.1) is 0 Å². The first-order valence-corrected chi connectivity index (χ1v) is 5.82. The van der Waals surface area contributed by atoms with Gasteiger partial charge in [-0.25, -0.2) is 4.79 Å². The van der Waals surface area contributed by atoms with Crippen LogP contribution in [0.2, 0.25) is 0 Å². The minimum atomic E-state index is -1.01. The predicted octanol–water partition coefficient (Wildman–Crippen LogP) is 1.57. The number of anilines is 1. The van der Waals surface area contributed by atoms with Crippen LogP contribution in [0.25, 0.3) is 0 Å². The van der Waals surface area contributed by atoms with Crippen molar-refractivity contribution in [1.82, 2.24) is 0 Å². The molecule has 0 spiro atoms. The van der Waals surface area contributed by atoms with Gasteiger partial charge < -0.3 is 15.2 Å². The zero-order chi connectivity index (χ0) is 13.1. The normalized spacial score (nSPS) is 22.7. The lowest BCUT2D eigenvalue weighted by molar-refractivity contribution is -0.150. The second-order valence-electron chi connectivity index (χ2n) is 4.38. The highest BCUT2D eigenvalue weighted by Gasteiger charge is 2.34. The number of amides is 1. The molecule has 2 N–H and O–H groups in total. The number of hydrogen-bond donors (Lipinski definition) is 2. The zero-order valence-corrected chi connectivity index (χ0v) is 10.1. The fourth-order valence-electron chi connectivity index (χ4n) is 1.87. The number of benzene rings is 1. The lowest BCUT2D eigenvalue weighted by atomic mass is 10.2. The summed E-state index contributed by atoms with van der Waals surface area (Å²) in [6.07, 6.45) is -0.720. The highest BCUT2D eigenvalue weighted by molar-refractivity contribution is 5.94. The van der Waals surface area contributed by atoms with Crippen LogP contribution in [0.3, 0.4) is 0 Å². The molecule has 2 atom stereocenters. The Hall–Kier alpha value is -1.88. The summed E-state index contributed by atoms with van der Waals surface area (Å²) in [7, 11) is 0. The predicted molar refractivity (Wildman–Crippen MR) is 65.3 cm³/mol. The lowest BCUT2D eigenvalue weighted by Crippen LogP contribution is -2.29. The van der Waals surface area contributed by atoms with E-state index in [1.807, 2.05) is 19.1 Å². The molecule has 0 radical (unpaired) electrons. The van der Waals surface area contributed by atoms with Crippen LogP contribution in [0.1, 0.15) is 18.4 Å². The van der Waals surface area contributed by atoms with E-state index < -0.39 is 18.2 Å². The molecule has 1 aromatic carbocycles. The van der Waals surface area contributed by atoms with Crippen LogP contribution in [0.15, 0.2) is 24.3 Å². The smallest absolute Gasteiger partial charge is 0.332 e. The Labute approximate surface area is 105 Å². The van der Waals surface area contributed by atoms with Crippen molar-refractivity contribution < 1.29 is 19.4 Å². The monoisotopic (exact) mass is 249 g/mol. The van der Waals surface area contributed by atoms with Gasteiger partial charge >= 0.3 is 5.97 Å². The molecule has 1 aromatic rings. The summed E-state index contributed by atoms with van der Waals surface area (Å²) >= 11 is 0. The van der Waals surface area contributed by atoms with Crippen molar-refractivity contribution in [3.05, 3.63) is 29.8 Å². The van der Waals surface area contributed by atoms with E-state index in [1.54, 1.807) is 12.1 Å². The molecular formula is C13H15NO4. The van der Waals surface area contributed by atoms with E-state index in [9.17, 15) is 9.59 Å². The minimum absolute atomic E-state index is 0.289. The summed E-state index contributed by atoms with van der Waals surface area (Å²) in [5.41, 5.74) is 1.80. The van der Waals surface area contributed by atoms with E-state index in [1.165, 1.54) is 0 Å². The lowest BCUT2D eigenvalue weighted by Gasteiger charge is -2.11. The van der Waals surface area contributed by atoms with Crippen molar-refractivity contribution in [2.75, 3.05) is 5.32 Å². The third-order valence-corrected chi connectivity index (χ3v) is 2.91. The minimum Gasteiger partial charge on any atom is -0.479 e. The SMILES string of the molecule is Cc1ccc(NC(=O)C2CCC(C(=O)O)O2)cc1. The number of carboxylic acids is 1. The zero-order valence-electron chi connectivity index (χ0n) is 10.1. The molecule has 1 aliphatic heterocycles. The summed E-state index contributed by atoms with van der Waals surface area (Å²) in [6, 6.07) is 7.39. The highest BCUT2D eigenvalue weighted by atomic mass is 16.5. The average Bonchev–Trinajstić information content (AvgIpc) is 2.81. The number of carbonyl (C=O) groups excluding carboxylic acids is 1. The number of aryl methyl sites for hydroxylation is 1. The van der Waals surface area contributed by atoms with Crippen LogP contribution in [-0.4, -0.2) is 29.2 Å². The van der Waals surface area contributed by atoms with Gasteiger partial charge in [0.15, 0.2) is 6.10 Å². The number of aliphatic carboxylic acids is 1. The first kappa shape index (κ1) is 12.6. The first-order valence-electron chi connectivity index (χ1n) is 5.82. The topological polar surface area (TPSA) is 75.6 Å². The van der Waals surface area contributed by atoms with Crippen molar-refractivity contribution in [3.63, 3.8) is 0 Å². The van der Waals surface area contributed by atoms with E-state index >= 15 is 0 Å². The summed E-state index contributed by atoms with van der Waals surface area (Å²) in [4.78, 5) is 22.5. The molecule has 1 amide bonds. The molecule has 0 saturated carbocycles. The van der Waals surface area contributed by atoms with E-state index in [2.05, 4.69) is 5.32 Å².